The smallest absolute Gasteiger partial charge is 0.238 e. The molecule has 6 aliphatic rings. The van der Waals surface area contributed by atoms with E-state index in [0.29, 0.717) is 68.8 Å². The summed E-state index contributed by atoms with van der Waals surface area (Å²) in [6.45, 7) is 9.70. The maximum atomic E-state index is 15.0. The number of piperidine rings is 1. The summed E-state index contributed by atoms with van der Waals surface area (Å²) in [5.41, 5.74) is 4.14. The standard InChI is InChI=1S/C41H47FN8O4/c1-24(2)48-23-44-34-17-33(46-37(36(34)48)45-32-8-11-43-18-31(32)42)25-4-7-30-35(14-25)50(29-15-28(16-29)49-26-5-6-27(49)20-53-19-26)39(52)41(30)9-12-47(13-10-41)38(51)40(3)21-54-22-40/h4,7-8,11,14,17-18,23-24,26-29H,5-6,9-10,12-13,15-16,19-22H2,1-3H3,(H,43,45,46)/t26?,27?,28-,29+. The molecule has 10 rings (SSSR count). The first kappa shape index (κ1) is 34.1. The molecule has 0 radical (unpaired) electrons. The molecule has 5 fully saturated rings. The number of morpholine rings is 1. The molecule has 2 unspecified atom stereocenters. The number of likely N-dealkylation sites (tertiary alicyclic amines) is 1. The molecule has 5 aliphatic heterocycles. The number of hydrogen-bond acceptors (Lipinski definition) is 9. The number of halogens is 1. The van der Waals surface area contributed by atoms with Crippen LogP contribution in [-0.2, 0) is 24.5 Å². The van der Waals surface area contributed by atoms with Gasteiger partial charge in [0.2, 0.25) is 11.8 Å². The zero-order valence-electron chi connectivity index (χ0n) is 31.1. The summed E-state index contributed by atoms with van der Waals surface area (Å²) in [7, 11) is 0. The number of rotatable bonds is 7. The number of ether oxygens (including phenoxy) is 2. The first-order valence-corrected chi connectivity index (χ1v) is 19.6. The third-order valence-corrected chi connectivity index (χ3v) is 13.3. The number of imidazole rings is 1. The minimum Gasteiger partial charge on any atom is -0.379 e. The van der Waals surface area contributed by atoms with E-state index < -0.39 is 16.6 Å². The fraction of sp³-hybridized carbons (Fsp3) is 0.537. The van der Waals surface area contributed by atoms with Crippen molar-refractivity contribution in [3.8, 4) is 11.3 Å². The Hall–Kier alpha value is -4.46. The van der Waals surface area contributed by atoms with Crippen LogP contribution >= 0.6 is 0 Å². The fourth-order valence-corrected chi connectivity index (χ4v) is 10.2. The van der Waals surface area contributed by atoms with Crippen molar-refractivity contribution in [2.45, 2.75) is 94.9 Å². The number of carbonyl (C=O) groups is 2. The van der Waals surface area contributed by atoms with Gasteiger partial charge in [0.1, 0.15) is 5.52 Å². The number of hydrogen-bond donors (Lipinski definition) is 1. The highest BCUT2D eigenvalue weighted by Crippen LogP contribution is 2.53. The molecule has 2 atom stereocenters. The van der Waals surface area contributed by atoms with Crippen molar-refractivity contribution in [2.75, 3.05) is 49.7 Å². The minimum atomic E-state index is -0.691. The summed E-state index contributed by atoms with van der Waals surface area (Å²) < 4.78 is 28.2. The summed E-state index contributed by atoms with van der Waals surface area (Å²) in [6, 6.07) is 11.5. The topological polar surface area (TPSA) is 118 Å². The molecule has 2 bridgehead atoms. The van der Waals surface area contributed by atoms with Crippen molar-refractivity contribution in [2.24, 2.45) is 5.41 Å². The first-order valence-electron chi connectivity index (χ1n) is 19.6. The van der Waals surface area contributed by atoms with Crippen LogP contribution in [0.2, 0.25) is 0 Å². The zero-order chi connectivity index (χ0) is 36.9. The van der Waals surface area contributed by atoms with Crippen molar-refractivity contribution >= 4 is 40.0 Å². The van der Waals surface area contributed by atoms with E-state index in [-0.39, 0.29) is 29.6 Å². The summed E-state index contributed by atoms with van der Waals surface area (Å²) >= 11 is 0. The van der Waals surface area contributed by atoms with Crippen LogP contribution in [0.4, 0.5) is 21.6 Å². The van der Waals surface area contributed by atoms with Crippen LogP contribution in [0.5, 0.6) is 0 Å². The summed E-state index contributed by atoms with van der Waals surface area (Å²) in [4.78, 5) is 49.0. The van der Waals surface area contributed by atoms with Crippen LogP contribution in [0, 0.1) is 11.2 Å². The van der Waals surface area contributed by atoms with Gasteiger partial charge in [0.05, 0.1) is 66.7 Å². The highest BCUT2D eigenvalue weighted by atomic mass is 19.1. The van der Waals surface area contributed by atoms with E-state index in [1.165, 1.54) is 19.0 Å². The molecule has 13 heteroatoms. The lowest BCUT2D eigenvalue weighted by molar-refractivity contribution is -0.170. The SMILES string of the molecule is CC(C)n1cnc2cc(-c3ccc4c(c3)N([C@H]3C[C@@H](N5C6CCC5COC6)C3)C(=O)C43CCN(C(=O)C4(C)COC4)CC3)nc(Nc3ccncc3F)c21. The molecule has 2 amide bonds. The van der Waals surface area contributed by atoms with Crippen molar-refractivity contribution in [3.63, 3.8) is 0 Å². The van der Waals surface area contributed by atoms with Crippen LogP contribution in [0.15, 0.2) is 49.1 Å². The predicted octanol–water partition coefficient (Wildman–Crippen LogP) is 5.59. The quantitative estimate of drug-likeness (QED) is 0.259. The Bertz CT molecular complexity index is 2140. The van der Waals surface area contributed by atoms with Crippen molar-refractivity contribution in [3.05, 3.63) is 60.4 Å². The number of anilines is 3. The highest BCUT2D eigenvalue weighted by molar-refractivity contribution is 6.09. The van der Waals surface area contributed by atoms with Crippen molar-refractivity contribution < 1.29 is 23.5 Å². The van der Waals surface area contributed by atoms with Crippen LogP contribution in [0.3, 0.4) is 0 Å². The Labute approximate surface area is 314 Å². The van der Waals surface area contributed by atoms with Crippen molar-refractivity contribution in [1.29, 1.82) is 0 Å². The third kappa shape index (κ3) is 5.14. The number of fused-ring (bicyclic) bond motifs is 5. The molecule has 1 spiro atoms. The van der Waals surface area contributed by atoms with E-state index in [9.17, 15) is 9.18 Å². The Morgan fingerprint density at radius 2 is 1.76 bits per heavy atom. The van der Waals surface area contributed by atoms with Gasteiger partial charge in [-0.1, -0.05) is 12.1 Å². The van der Waals surface area contributed by atoms with Gasteiger partial charge < -0.3 is 29.2 Å². The summed E-state index contributed by atoms with van der Waals surface area (Å²) in [6.07, 6.45) is 9.93. The van der Waals surface area contributed by atoms with Crippen LogP contribution in [-0.4, -0.2) is 105 Å². The van der Waals surface area contributed by atoms with E-state index in [1.807, 2.05) is 22.5 Å². The van der Waals surface area contributed by atoms with Crippen LogP contribution in [0.1, 0.15) is 70.9 Å². The van der Waals surface area contributed by atoms with Crippen LogP contribution in [0.25, 0.3) is 22.3 Å². The molecule has 8 heterocycles. The Balaban J connectivity index is 1.02. The normalized spacial score (nSPS) is 27.0. The van der Waals surface area contributed by atoms with Gasteiger partial charge in [-0.15, -0.1) is 0 Å². The average molecular weight is 735 g/mol. The highest BCUT2D eigenvalue weighted by Gasteiger charge is 2.57. The maximum absolute atomic E-state index is 15.0. The van der Waals surface area contributed by atoms with E-state index in [4.69, 9.17) is 19.4 Å². The van der Waals surface area contributed by atoms with E-state index in [1.54, 1.807) is 18.6 Å². The molecule has 1 aromatic carbocycles. The van der Waals surface area contributed by atoms with Gasteiger partial charge in [-0.25, -0.2) is 14.4 Å². The Morgan fingerprint density at radius 1 is 1.00 bits per heavy atom. The molecular weight excluding hydrogens is 688 g/mol. The molecule has 1 N–H and O–H groups in total. The fourth-order valence-electron chi connectivity index (χ4n) is 10.2. The number of benzene rings is 1. The third-order valence-electron chi connectivity index (χ3n) is 13.3. The van der Waals surface area contributed by atoms with E-state index in [0.717, 1.165) is 53.9 Å². The van der Waals surface area contributed by atoms with E-state index >= 15 is 4.79 Å². The van der Waals surface area contributed by atoms with Gasteiger partial charge in [-0.05, 0) is 83.1 Å². The maximum Gasteiger partial charge on any atom is 0.238 e. The predicted molar refractivity (Wildman–Crippen MR) is 201 cm³/mol. The lowest BCUT2D eigenvalue weighted by atomic mass is 9.72. The largest absolute Gasteiger partial charge is 0.379 e. The molecule has 3 aromatic heterocycles. The summed E-state index contributed by atoms with van der Waals surface area (Å²) in [5.74, 6) is 0.300. The lowest BCUT2D eigenvalue weighted by Crippen LogP contribution is -2.62. The molecular formula is C41H47FN8O4. The second-order valence-electron chi connectivity index (χ2n) is 16.9. The number of amides is 2. The Morgan fingerprint density at radius 3 is 2.44 bits per heavy atom. The second kappa shape index (κ2) is 12.5. The molecule has 1 saturated carbocycles. The molecule has 1 aliphatic carbocycles. The van der Waals surface area contributed by atoms with Gasteiger partial charge in [-0.2, -0.15) is 0 Å². The number of aromatic nitrogens is 4. The molecule has 4 aromatic rings. The van der Waals surface area contributed by atoms with Gasteiger partial charge in [-0.3, -0.25) is 19.5 Å². The second-order valence-corrected chi connectivity index (χ2v) is 16.9. The van der Waals surface area contributed by atoms with Crippen LogP contribution < -0.4 is 10.2 Å². The first-order chi connectivity index (χ1) is 26.1. The Kier molecular flexibility index (Phi) is 7.91. The minimum absolute atomic E-state index is 0.0906. The van der Waals surface area contributed by atoms with Gasteiger partial charge in [0.25, 0.3) is 0 Å². The molecule has 54 heavy (non-hydrogen) atoms. The molecule has 12 nitrogen and oxygen atoms in total. The number of nitrogens with zero attached hydrogens (tertiary/aromatic N) is 7. The van der Waals surface area contributed by atoms with E-state index in [2.05, 4.69) is 52.1 Å². The number of pyridine rings is 2. The number of nitrogens with one attached hydrogen (secondary N) is 1. The van der Waals surface area contributed by atoms with Gasteiger partial charge in [0.15, 0.2) is 11.6 Å². The van der Waals surface area contributed by atoms with Gasteiger partial charge >= 0.3 is 0 Å². The monoisotopic (exact) mass is 734 g/mol. The van der Waals surface area contributed by atoms with Crippen molar-refractivity contribution in [1.82, 2.24) is 29.3 Å². The van der Waals surface area contributed by atoms with Gasteiger partial charge in [0, 0.05) is 60.7 Å². The molecule has 282 valence electrons. The average Bonchev–Trinajstić information content (AvgIpc) is 3.75. The molecule has 4 saturated heterocycles. The zero-order valence-corrected chi connectivity index (χ0v) is 31.1. The number of carbonyl (C=O) groups excluding carboxylic acids is 2. The summed E-state index contributed by atoms with van der Waals surface area (Å²) in [5, 5.41) is 3.23. The lowest BCUT2D eigenvalue weighted by Gasteiger charge is -2.51.